The zero-order valence-electron chi connectivity index (χ0n) is 8.58. The molecule has 1 fully saturated rings. The lowest BCUT2D eigenvalue weighted by Crippen LogP contribution is -2.50. The maximum Gasteiger partial charge on any atom is 0.0739 e. The van der Waals surface area contributed by atoms with E-state index in [1.54, 1.807) is 0 Å². The minimum absolute atomic E-state index is 0.404. The molecule has 12 heavy (non-hydrogen) atoms. The van der Waals surface area contributed by atoms with Crippen molar-refractivity contribution < 1.29 is 4.74 Å². The molecule has 1 atom stereocenters. The summed E-state index contributed by atoms with van der Waals surface area (Å²) in [4.78, 5) is 0. The van der Waals surface area contributed by atoms with Gasteiger partial charge >= 0.3 is 0 Å². The van der Waals surface area contributed by atoms with Gasteiger partial charge in [-0.05, 0) is 5.92 Å². The molecule has 0 aromatic heterocycles. The highest BCUT2D eigenvalue weighted by Gasteiger charge is 2.23. The van der Waals surface area contributed by atoms with Gasteiger partial charge in [0.1, 0.15) is 0 Å². The lowest BCUT2D eigenvalue weighted by molar-refractivity contribution is -0.115. The van der Waals surface area contributed by atoms with Crippen LogP contribution in [0.15, 0.2) is 0 Å². The Morgan fingerprint density at radius 2 is 2.08 bits per heavy atom. The van der Waals surface area contributed by atoms with E-state index in [2.05, 4.69) is 38.0 Å². The average Bonchev–Trinajstić information content (AvgIpc) is 2.04. The Bertz CT molecular complexity index is 122. The molecule has 3 nitrogen and oxygen atoms in total. The summed E-state index contributed by atoms with van der Waals surface area (Å²) in [5.41, 5.74) is 0. The molecule has 0 N–H and O–H groups in total. The summed E-state index contributed by atoms with van der Waals surface area (Å²) in [5, 5.41) is 4.48. The van der Waals surface area contributed by atoms with Crippen LogP contribution in [0.3, 0.4) is 0 Å². The fourth-order valence-corrected chi connectivity index (χ4v) is 1.43. The van der Waals surface area contributed by atoms with Crippen LogP contribution in [-0.2, 0) is 4.74 Å². The van der Waals surface area contributed by atoms with Crippen molar-refractivity contribution in [1.82, 2.24) is 10.0 Å². The Labute approximate surface area is 75.3 Å². The first kappa shape index (κ1) is 9.96. The first-order valence-corrected chi connectivity index (χ1v) is 4.65. The Morgan fingerprint density at radius 1 is 1.42 bits per heavy atom. The van der Waals surface area contributed by atoms with Crippen LogP contribution < -0.4 is 0 Å². The summed E-state index contributed by atoms with van der Waals surface area (Å²) in [6.45, 7) is 7.34. The quantitative estimate of drug-likeness (QED) is 0.613. The molecule has 0 aromatic carbocycles. The number of hydrazine groups is 1. The number of rotatable bonds is 2. The van der Waals surface area contributed by atoms with Crippen LogP contribution >= 0.6 is 0 Å². The average molecular weight is 172 g/mol. The van der Waals surface area contributed by atoms with E-state index in [9.17, 15) is 0 Å². The van der Waals surface area contributed by atoms with Crippen molar-refractivity contribution in [2.45, 2.75) is 20.0 Å². The highest BCUT2D eigenvalue weighted by atomic mass is 16.5. The summed E-state index contributed by atoms with van der Waals surface area (Å²) in [7, 11) is 4.17. The Morgan fingerprint density at radius 3 is 2.58 bits per heavy atom. The van der Waals surface area contributed by atoms with E-state index in [0.717, 1.165) is 19.7 Å². The number of nitrogens with zero attached hydrogens (tertiary/aromatic N) is 2. The topological polar surface area (TPSA) is 15.7 Å². The van der Waals surface area contributed by atoms with E-state index in [-0.39, 0.29) is 0 Å². The van der Waals surface area contributed by atoms with E-state index >= 15 is 0 Å². The SMILES string of the molecule is CC(C)C1CN(N(C)C)CCO1. The van der Waals surface area contributed by atoms with E-state index < -0.39 is 0 Å². The van der Waals surface area contributed by atoms with Crippen molar-refractivity contribution >= 4 is 0 Å². The van der Waals surface area contributed by atoms with Crippen molar-refractivity contribution in [2.24, 2.45) is 5.92 Å². The summed E-state index contributed by atoms with van der Waals surface area (Å²) in [5.74, 6) is 0.618. The molecule has 1 heterocycles. The third-order valence-electron chi connectivity index (χ3n) is 2.38. The van der Waals surface area contributed by atoms with Gasteiger partial charge in [0.25, 0.3) is 0 Å². The summed E-state index contributed by atoms with van der Waals surface area (Å²) in [6.07, 6.45) is 0.404. The van der Waals surface area contributed by atoms with Crippen LogP contribution in [0.25, 0.3) is 0 Å². The maximum atomic E-state index is 5.65. The molecular formula is C9H20N2O. The van der Waals surface area contributed by atoms with E-state index in [4.69, 9.17) is 4.74 Å². The van der Waals surface area contributed by atoms with E-state index in [0.29, 0.717) is 12.0 Å². The number of hydrogen-bond acceptors (Lipinski definition) is 3. The Hall–Kier alpha value is -0.120. The molecule has 1 rings (SSSR count). The van der Waals surface area contributed by atoms with Gasteiger partial charge in [-0.1, -0.05) is 13.8 Å². The van der Waals surface area contributed by atoms with Crippen molar-refractivity contribution in [1.29, 1.82) is 0 Å². The molecule has 1 aliphatic heterocycles. The zero-order chi connectivity index (χ0) is 9.14. The molecule has 0 amide bonds. The lowest BCUT2D eigenvalue weighted by Gasteiger charge is -2.38. The van der Waals surface area contributed by atoms with Gasteiger partial charge in [-0.25, -0.2) is 10.0 Å². The van der Waals surface area contributed by atoms with Crippen molar-refractivity contribution in [2.75, 3.05) is 33.8 Å². The van der Waals surface area contributed by atoms with Gasteiger partial charge in [-0.15, -0.1) is 0 Å². The van der Waals surface area contributed by atoms with Gasteiger partial charge < -0.3 is 4.74 Å². The maximum absolute atomic E-state index is 5.65. The predicted molar refractivity (Wildman–Crippen MR) is 49.8 cm³/mol. The molecule has 0 bridgehead atoms. The summed E-state index contributed by atoms with van der Waals surface area (Å²) >= 11 is 0. The number of ether oxygens (including phenoxy) is 1. The minimum Gasteiger partial charge on any atom is -0.375 e. The van der Waals surface area contributed by atoms with Crippen LogP contribution in [0.1, 0.15) is 13.8 Å². The third-order valence-corrected chi connectivity index (χ3v) is 2.38. The van der Waals surface area contributed by atoms with Gasteiger partial charge in [0.2, 0.25) is 0 Å². The molecule has 3 heteroatoms. The largest absolute Gasteiger partial charge is 0.375 e. The van der Waals surface area contributed by atoms with Crippen LogP contribution in [0.5, 0.6) is 0 Å². The van der Waals surface area contributed by atoms with Gasteiger partial charge in [0.05, 0.1) is 12.7 Å². The molecule has 72 valence electrons. The van der Waals surface area contributed by atoms with Crippen LogP contribution in [-0.4, -0.2) is 49.9 Å². The molecule has 0 radical (unpaired) electrons. The van der Waals surface area contributed by atoms with Gasteiger partial charge in [-0.3, -0.25) is 0 Å². The molecule has 0 aliphatic carbocycles. The second-order valence-corrected chi connectivity index (χ2v) is 3.91. The normalized spacial score (nSPS) is 27.0. The highest BCUT2D eigenvalue weighted by Crippen LogP contribution is 2.13. The van der Waals surface area contributed by atoms with Crippen LogP contribution in [0.4, 0.5) is 0 Å². The van der Waals surface area contributed by atoms with Crippen molar-refractivity contribution in [3.05, 3.63) is 0 Å². The second-order valence-electron chi connectivity index (χ2n) is 3.91. The standard InChI is InChI=1S/C9H20N2O/c1-8(2)9-7-11(10(3)4)5-6-12-9/h8-9H,5-7H2,1-4H3. The Balaban J connectivity index is 2.40. The molecule has 1 unspecified atom stereocenters. The third kappa shape index (κ3) is 2.44. The first-order valence-electron chi connectivity index (χ1n) is 4.65. The molecule has 0 saturated carbocycles. The Kier molecular flexibility index (Phi) is 3.50. The second kappa shape index (κ2) is 4.21. The highest BCUT2D eigenvalue weighted by molar-refractivity contribution is 4.71. The fourth-order valence-electron chi connectivity index (χ4n) is 1.43. The lowest BCUT2D eigenvalue weighted by atomic mass is 10.1. The van der Waals surface area contributed by atoms with Gasteiger partial charge in [0, 0.05) is 27.2 Å². The van der Waals surface area contributed by atoms with E-state index in [1.165, 1.54) is 0 Å². The summed E-state index contributed by atoms with van der Waals surface area (Å²) in [6, 6.07) is 0. The fraction of sp³-hybridized carbons (Fsp3) is 1.00. The number of hydrogen-bond donors (Lipinski definition) is 0. The summed E-state index contributed by atoms with van der Waals surface area (Å²) < 4.78 is 5.65. The molecule has 1 aliphatic rings. The van der Waals surface area contributed by atoms with Gasteiger partial charge in [-0.2, -0.15) is 0 Å². The van der Waals surface area contributed by atoms with Gasteiger partial charge in [0.15, 0.2) is 0 Å². The molecule has 0 spiro atoms. The van der Waals surface area contributed by atoms with Crippen molar-refractivity contribution in [3.8, 4) is 0 Å². The molecular weight excluding hydrogens is 152 g/mol. The predicted octanol–water partition coefficient (Wildman–Crippen LogP) is 0.820. The van der Waals surface area contributed by atoms with Crippen molar-refractivity contribution in [3.63, 3.8) is 0 Å². The first-order chi connectivity index (χ1) is 5.61. The molecule has 0 aromatic rings. The molecule has 1 saturated heterocycles. The number of morpholine rings is 1. The van der Waals surface area contributed by atoms with Crippen LogP contribution in [0, 0.1) is 5.92 Å². The monoisotopic (exact) mass is 172 g/mol. The van der Waals surface area contributed by atoms with E-state index in [1.807, 2.05) is 0 Å². The van der Waals surface area contributed by atoms with Crippen LogP contribution in [0.2, 0.25) is 0 Å². The zero-order valence-corrected chi connectivity index (χ0v) is 8.58. The smallest absolute Gasteiger partial charge is 0.0739 e. The minimum atomic E-state index is 0.404.